The largest absolute Gasteiger partial charge is 0.404 e. The quantitative estimate of drug-likeness (QED) is 0.428. The van der Waals surface area contributed by atoms with E-state index in [4.69, 9.17) is 16.9 Å². The minimum Gasteiger partial charge on any atom is -0.404 e. The lowest BCUT2D eigenvalue weighted by atomic mass is 9.93. The Morgan fingerprint density at radius 2 is 2.04 bits per heavy atom. The summed E-state index contributed by atoms with van der Waals surface area (Å²) in [5, 5.41) is 11.0. The Hall–Kier alpha value is -2.92. The molecule has 2 aromatic carbocycles. The average Bonchev–Trinajstić information content (AvgIpc) is 2.60. The van der Waals surface area contributed by atoms with Crippen molar-refractivity contribution in [2.24, 2.45) is 11.5 Å². The smallest absolute Gasteiger partial charge is 0.256 e. The van der Waals surface area contributed by atoms with Crippen molar-refractivity contribution in [2.45, 2.75) is 12.8 Å². The van der Waals surface area contributed by atoms with Crippen LogP contribution in [0.3, 0.4) is 0 Å². The van der Waals surface area contributed by atoms with Gasteiger partial charge in [-0.1, -0.05) is 18.2 Å². The fourth-order valence-corrected chi connectivity index (χ4v) is 3.09. The van der Waals surface area contributed by atoms with Crippen LogP contribution in [0.4, 0.5) is 0 Å². The summed E-state index contributed by atoms with van der Waals surface area (Å²) in [5.74, 6) is 0. The third-order valence-corrected chi connectivity index (χ3v) is 4.28. The standard InChI is InChI=1S/C19H20N4O/c20-6-1-2-13-8-14-5-7-23-19(24)18(14)17-9-12(3-4-16(13)17)15(10-21)11-22/h3-5,7-11,21H,1-2,6,20,22H2,(H,23,24)/b15-11+,21-10?. The number of hydrogen-bond donors (Lipinski definition) is 4. The Kier molecular flexibility index (Phi) is 4.44. The molecule has 0 aliphatic carbocycles. The molecule has 0 unspecified atom stereocenters. The van der Waals surface area contributed by atoms with Gasteiger partial charge in [-0.3, -0.25) is 4.79 Å². The first-order valence-electron chi connectivity index (χ1n) is 7.89. The maximum Gasteiger partial charge on any atom is 0.256 e. The van der Waals surface area contributed by atoms with Crippen molar-refractivity contribution in [1.29, 1.82) is 5.41 Å². The molecule has 0 bridgehead atoms. The van der Waals surface area contributed by atoms with Crippen molar-refractivity contribution < 1.29 is 0 Å². The summed E-state index contributed by atoms with van der Waals surface area (Å²) < 4.78 is 0. The highest BCUT2D eigenvalue weighted by molar-refractivity contribution is 6.13. The summed E-state index contributed by atoms with van der Waals surface area (Å²) in [5.41, 5.74) is 13.8. The van der Waals surface area contributed by atoms with Crippen LogP contribution in [-0.4, -0.2) is 17.7 Å². The molecule has 0 amide bonds. The van der Waals surface area contributed by atoms with E-state index in [1.54, 1.807) is 6.20 Å². The van der Waals surface area contributed by atoms with Gasteiger partial charge in [0.15, 0.2) is 0 Å². The van der Waals surface area contributed by atoms with Gasteiger partial charge < -0.3 is 21.9 Å². The van der Waals surface area contributed by atoms with Crippen LogP contribution in [0.25, 0.3) is 27.1 Å². The van der Waals surface area contributed by atoms with Crippen LogP contribution in [0.2, 0.25) is 0 Å². The summed E-state index contributed by atoms with van der Waals surface area (Å²) in [6.07, 6.45) is 6.03. The second kappa shape index (κ2) is 6.68. The molecule has 1 heterocycles. The van der Waals surface area contributed by atoms with Gasteiger partial charge in [-0.15, -0.1) is 0 Å². The Morgan fingerprint density at radius 3 is 2.75 bits per heavy atom. The number of benzene rings is 2. The van der Waals surface area contributed by atoms with Gasteiger partial charge in [0.25, 0.3) is 5.56 Å². The van der Waals surface area contributed by atoms with E-state index in [1.165, 1.54) is 18.0 Å². The number of aromatic amines is 1. The minimum absolute atomic E-state index is 0.117. The van der Waals surface area contributed by atoms with Gasteiger partial charge in [0, 0.05) is 24.2 Å². The van der Waals surface area contributed by atoms with Crippen molar-refractivity contribution >= 4 is 33.3 Å². The highest BCUT2D eigenvalue weighted by Crippen LogP contribution is 2.29. The molecule has 0 radical (unpaired) electrons. The van der Waals surface area contributed by atoms with Crippen LogP contribution in [-0.2, 0) is 6.42 Å². The predicted octanol–water partition coefficient (Wildman–Crippen LogP) is 2.52. The summed E-state index contributed by atoms with van der Waals surface area (Å²) in [7, 11) is 0. The van der Waals surface area contributed by atoms with Crippen LogP contribution in [0.1, 0.15) is 17.5 Å². The lowest BCUT2D eigenvalue weighted by Crippen LogP contribution is -2.07. The zero-order valence-electron chi connectivity index (χ0n) is 13.3. The van der Waals surface area contributed by atoms with Crippen LogP contribution in [0.5, 0.6) is 0 Å². The molecule has 122 valence electrons. The van der Waals surface area contributed by atoms with Crippen LogP contribution < -0.4 is 17.0 Å². The monoisotopic (exact) mass is 320 g/mol. The van der Waals surface area contributed by atoms with E-state index in [0.717, 1.165) is 34.6 Å². The van der Waals surface area contributed by atoms with E-state index in [0.29, 0.717) is 17.5 Å². The molecular formula is C19H20N4O. The molecule has 0 saturated carbocycles. The summed E-state index contributed by atoms with van der Waals surface area (Å²) in [6.45, 7) is 0.626. The third-order valence-electron chi connectivity index (χ3n) is 4.28. The van der Waals surface area contributed by atoms with Gasteiger partial charge in [0.2, 0.25) is 0 Å². The summed E-state index contributed by atoms with van der Waals surface area (Å²) in [6, 6.07) is 9.84. The number of H-pyrrole nitrogens is 1. The Balaban J connectivity index is 2.39. The number of aryl methyl sites for hydroxylation is 1. The van der Waals surface area contributed by atoms with E-state index in [9.17, 15) is 4.79 Å². The average molecular weight is 320 g/mol. The first kappa shape index (κ1) is 16.0. The van der Waals surface area contributed by atoms with Gasteiger partial charge in [-0.2, -0.15) is 0 Å². The Bertz CT molecular complexity index is 1000. The van der Waals surface area contributed by atoms with Crippen molar-refractivity contribution in [2.75, 3.05) is 6.54 Å². The molecule has 0 fully saturated rings. The second-order valence-electron chi connectivity index (χ2n) is 5.73. The summed E-state index contributed by atoms with van der Waals surface area (Å²) in [4.78, 5) is 15.1. The van der Waals surface area contributed by atoms with Crippen LogP contribution >= 0.6 is 0 Å². The molecule has 5 heteroatoms. The summed E-state index contributed by atoms with van der Waals surface area (Å²) >= 11 is 0. The predicted molar refractivity (Wildman–Crippen MR) is 100 cm³/mol. The number of aromatic nitrogens is 1. The molecule has 3 aromatic rings. The van der Waals surface area contributed by atoms with Crippen molar-refractivity contribution in [1.82, 2.24) is 4.98 Å². The number of fused-ring (bicyclic) bond motifs is 3. The van der Waals surface area contributed by atoms with E-state index in [1.807, 2.05) is 24.3 Å². The first-order chi connectivity index (χ1) is 11.7. The zero-order valence-corrected chi connectivity index (χ0v) is 13.3. The number of rotatable bonds is 5. The SMILES string of the molecule is N=C/C(=C\N)c1ccc2c(CCCN)cc3cc[nH]c(=O)c3c2c1. The fourth-order valence-electron chi connectivity index (χ4n) is 3.09. The highest BCUT2D eigenvalue weighted by Gasteiger charge is 2.11. The van der Waals surface area contributed by atoms with E-state index >= 15 is 0 Å². The van der Waals surface area contributed by atoms with Crippen molar-refractivity contribution in [3.63, 3.8) is 0 Å². The third kappa shape index (κ3) is 2.70. The highest BCUT2D eigenvalue weighted by atomic mass is 16.1. The Morgan fingerprint density at radius 1 is 1.21 bits per heavy atom. The first-order valence-corrected chi connectivity index (χ1v) is 7.89. The molecule has 0 atom stereocenters. The molecule has 5 nitrogen and oxygen atoms in total. The lowest BCUT2D eigenvalue weighted by molar-refractivity contribution is 0.838. The molecule has 1 aromatic heterocycles. The minimum atomic E-state index is -0.117. The van der Waals surface area contributed by atoms with Crippen molar-refractivity contribution in [3.8, 4) is 0 Å². The van der Waals surface area contributed by atoms with E-state index < -0.39 is 0 Å². The van der Waals surface area contributed by atoms with E-state index in [-0.39, 0.29) is 5.56 Å². The van der Waals surface area contributed by atoms with Crippen molar-refractivity contribution in [3.05, 3.63) is 64.2 Å². The molecular weight excluding hydrogens is 300 g/mol. The lowest BCUT2D eigenvalue weighted by Gasteiger charge is -2.12. The maximum atomic E-state index is 12.4. The van der Waals surface area contributed by atoms with Crippen LogP contribution in [0, 0.1) is 5.41 Å². The van der Waals surface area contributed by atoms with Gasteiger partial charge >= 0.3 is 0 Å². The molecule has 0 saturated heterocycles. The molecule has 0 aliphatic heterocycles. The fraction of sp³-hybridized carbons (Fsp3) is 0.158. The molecule has 3 rings (SSSR count). The van der Waals surface area contributed by atoms with Crippen LogP contribution in [0.15, 0.2) is 47.5 Å². The molecule has 24 heavy (non-hydrogen) atoms. The number of nitrogens with one attached hydrogen (secondary N) is 2. The number of allylic oxidation sites excluding steroid dienone is 1. The molecule has 0 spiro atoms. The molecule has 0 aliphatic rings. The topological polar surface area (TPSA) is 109 Å². The van der Waals surface area contributed by atoms with Gasteiger partial charge in [-0.05, 0) is 58.8 Å². The zero-order chi connectivity index (χ0) is 17.1. The number of hydrogen-bond acceptors (Lipinski definition) is 4. The maximum absolute atomic E-state index is 12.4. The molecule has 6 N–H and O–H groups in total. The normalized spacial score (nSPS) is 12.0. The number of nitrogens with two attached hydrogens (primary N) is 2. The van der Waals surface area contributed by atoms with Gasteiger partial charge in [0.05, 0.1) is 5.39 Å². The van der Waals surface area contributed by atoms with Gasteiger partial charge in [-0.25, -0.2) is 0 Å². The Labute approximate surface area is 139 Å². The second-order valence-corrected chi connectivity index (χ2v) is 5.73. The van der Waals surface area contributed by atoms with Gasteiger partial charge in [0.1, 0.15) is 0 Å². The number of pyridine rings is 1. The van der Waals surface area contributed by atoms with E-state index in [2.05, 4.69) is 11.1 Å².